The van der Waals surface area contributed by atoms with Crippen LogP contribution < -0.4 is 0 Å². The average molecular weight is 273 g/mol. The largest absolute Gasteiger partial charge is 0.480 e. The van der Waals surface area contributed by atoms with Gasteiger partial charge in [0.2, 0.25) is 0 Å². The molecule has 106 valence electrons. The summed E-state index contributed by atoms with van der Waals surface area (Å²) in [4.78, 5) is 21.1. The molecule has 1 aliphatic rings. The van der Waals surface area contributed by atoms with E-state index < -0.39 is 11.5 Å². The number of piperidine rings is 1. The number of nitrogens with zero attached hydrogens (tertiary/aromatic N) is 2. The van der Waals surface area contributed by atoms with E-state index in [4.69, 9.17) is 0 Å². The lowest BCUT2D eigenvalue weighted by Crippen LogP contribution is -2.54. The van der Waals surface area contributed by atoms with Crippen LogP contribution in [0.5, 0.6) is 0 Å². The van der Waals surface area contributed by atoms with Crippen molar-refractivity contribution in [1.29, 1.82) is 0 Å². The van der Waals surface area contributed by atoms with E-state index in [1.54, 1.807) is 6.20 Å². The lowest BCUT2D eigenvalue weighted by molar-refractivity contribution is -0.153. The van der Waals surface area contributed by atoms with Gasteiger partial charge in [-0.25, -0.2) is 4.98 Å². The standard InChI is InChI=1S/C15H19N3O2/c1-15(14(19)20)6-2-3-8-18(15)10-11-9-17-13-12(11)5-4-7-16-13/h4-5,7,9H,2-3,6,8,10H2,1H3,(H,16,17)(H,19,20). The SMILES string of the molecule is CC1(C(=O)O)CCCCN1Cc1c[nH]c2ncccc12. The van der Waals surface area contributed by atoms with Crippen molar-refractivity contribution in [3.8, 4) is 0 Å². The molecule has 0 aromatic carbocycles. The highest BCUT2D eigenvalue weighted by molar-refractivity contribution is 5.80. The molecule has 1 unspecified atom stereocenters. The Balaban J connectivity index is 1.91. The van der Waals surface area contributed by atoms with Gasteiger partial charge in [-0.15, -0.1) is 0 Å². The van der Waals surface area contributed by atoms with E-state index in [0.717, 1.165) is 36.0 Å². The van der Waals surface area contributed by atoms with Gasteiger partial charge in [0, 0.05) is 24.3 Å². The molecule has 20 heavy (non-hydrogen) atoms. The summed E-state index contributed by atoms with van der Waals surface area (Å²) in [6.07, 6.45) is 6.45. The van der Waals surface area contributed by atoms with Crippen molar-refractivity contribution in [2.75, 3.05) is 6.54 Å². The Hall–Kier alpha value is -1.88. The topological polar surface area (TPSA) is 69.2 Å². The normalized spacial score (nSPS) is 24.1. The highest BCUT2D eigenvalue weighted by Gasteiger charge is 2.41. The average Bonchev–Trinajstić information content (AvgIpc) is 2.85. The molecule has 0 saturated carbocycles. The van der Waals surface area contributed by atoms with Gasteiger partial charge in [0.05, 0.1) is 0 Å². The summed E-state index contributed by atoms with van der Waals surface area (Å²) in [5.74, 6) is -0.727. The summed E-state index contributed by atoms with van der Waals surface area (Å²) in [6, 6.07) is 3.93. The van der Waals surface area contributed by atoms with Crippen molar-refractivity contribution < 1.29 is 9.90 Å². The van der Waals surface area contributed by atoms with Gasteiger partial charge in [-0.05, 0) is 50.4 Å². The number of carboxylic acids is 1. The third kappa shape index (κ3) is 2.08. The molecule has 1 saturated heterocycles. The van der Waals surface area contributed by atoms with Crippen LogP contribution in [-0.2, 0) is 11.3 Å². The molecule has 1 atom stereocenters. The maximum Gasteiger partial charge on any atom is 0.323 e. The van der Waals surface area contributed by atoms with Crippen molar-refractivity contribution in [1.82, 2.24) is 14.9 Å². The monoisotopic (exact) mass is 273 g/mol. The summed E-state index contributed by atoms with van der Waals surface area (Å²) in [6.45, 7) is 3.31. The van der Waals surface area contributed by atoms with E-state index in [9.17, 15) is 9.90 Å². The number of pyridine rings is 1. The third-order valence-electron chi connectivity index (χ3n) is 4.40. The van der Waals surface area contributed by atoms with Gasteiger partial charge in [0.15, 0.2) is 0 Å². The molecular formula is C15H19N3O2. The van der Waals surface area contributed by atoms with Crippen LogP contribution in [0.25, 0.3) is 11.0 Å². The van der Waals surface area contributed by atoms with Gasteiger partial charge in [-0.2, -0.15) is 0 Å². The zero-order chi connectivity index (χ0) is 14.2. The van der Waals surface area contributed by atoms with Gasteiger partial charge in [0.25, 0.3) is 0 Å². The van der Waals surface area contributed by atoms with Crippen molar-refractivity contribution in [2.24, 2.45) is 0 Å². The first-order valence-electron chi connectivity index (χ1n) is 7.01. The molecular weight excluding hydrogens is 254 g/mol. The minimum Gasteiger partial charge on any atom is -0.480 e. The Labute approximate surface area is 117 Å². The fourth-order valence-corrected chi connectivity index (χ4v) is 3.02. The van der Waals surface area contributed by atoms with Crippen molar-refractivity contribution in [3.63, 3.8) is 0 Å². The number of H-pyrrole nitrogens is 1. The zero-order valence-electron chi connectivity index (χ0n) is 11.6. The highest BCUT2D eigenvalue weighted by Crippen LogP contribution is 2.31. The number of carbonyl (C=O) groups is 1. The minimum absolute atomic E-state index is 0.647. The lowest BCUT2D eigenvalue weighted by atomic mass is 9.88. The molecule has 0 aliphatic carbocycles. The number of aliphatic carboxylic acids is 1. The number of aromatic nitrogens is 2. The van der Waals surface area contributed by atoms with Crippen LogP contribution in [0.4, 0.5) is 0 Å². The fraction of sp³-hybridized carbons (Fsp3) is 0.467. The van der Waals surface area contributed by atoms with Crippen LogP contribution in [0, 0.1) is 0 Å². The smallest absolute Gasteiger partial charge is 0.323 e. The third-order valence-corrected chi connectivity index (χ3v) is 4.40. The zero-order valence-corrected chi connectivity index (χ0v) is 11.6. The summed E-state index contributed by atoms with van der Waals surface area (Å²) < 4.78 is 0. The molecule has 1 aliphatic heterocycles. The Morgan fingerprint density at radius 3 is 3.20 bits per heavy atom. The predicted octanol–water partition coefficient (Wildman–Crippen LogP) is 2.39. The highest BCUT2D eigenvalue weighted by atomic mass is 16.4. The van der Waals surface area contributed by atoms with Gasteiger partial charge in [0.1, 0.15) is 11.2 Å². The predicted molar refractivity (Wildman–Crippen MR) is 76.4 cm³/mol. The van der Waals surface area contributed by atoms with Gasteiger partial charge < -0.3 is 10.1 Å². The summed E-state index contributed by atoms with van der Waals surface area (Å²) in [5.41, 5.74) is 1.21. The number of hydrogen-bond donors (Lipinski definition) is 2. The van der Waals surface area contributed by atoms with E-state index in [1.165, 1.54) is 0 Å². The number of fused-ring (bicyclic) bond motifs is 1. The Morgan fingerprint density at radius 1 is 1.55 bits per heavy atom. The van der Waals surface area contributed by atoms with Gasteiger partial charge in [-0.3, -0.25) is 9.69 Å². The second kappa shape index (κ2) is 4.90. The maximum absolute atomic E-state index is 11.6. The van der Waals surface area contributed by atoms with E-state index in [0.29, 0.717) is 13.0 Å². The number of aromatic amines is 1. The first-order valence-corrected chi connectivity index (χ1v) is 7.01. The number of rotatable bonds is 3. The Kier molecular flexibility index (Phi) is 3.22. The van der Waals surface area contributed by atoms with E-state index in [1.807, 2.05) is 25.3 Å². The maximum atomic E-state index is 11.6. The van der Waals surface area contributed by atoms with Crippen LogP contribution in [-0.4, -0.2) is 38.0 Å². The molecule has 2 N–H and O–H groups in total. The summed E-state index contributed by atoms with van der Waals surface area (Å²) >= 11 is 0. The van der Waals surface area contributed by atoms with E-state index in [-0.39, 0.29) is 0 Å². The number of carboxylic acid groups (broad SMARTS) is 1. The quantitative estimate of drug-likeness (QED) is 0.901. The van der Waals surface area contributed by atoms with E-state index >= 15 is 0 Å². The molecule has 3 heterocycles. The molecule has 1 fully saturated rings. The molecule has 3 rings (SSSR count). The molecule has 5 heteroatoms. The molecule has 2 aromatic heterocycles. The van der Waals surface area contributed by atoms with E-state index in [2.05, 4.69) is 14.9 Å². The number of likely N-dealkylation sites (tertiary alicyclic amines) is 1. The molecule has 5 nitrogen and oxygen atoms in total. The summed E-state index contributed by atoms with van der Waals surface area (Å²) in [5, 5.41) is 10.6. The number of nitrogens with one attached hydrogen (secondary N) is 1. The fourth-order valence-electron chi connectivity index (χ4n) is 3.02. The van der Waals surface area contributed by atoms with Crippen molar-refractivity contribution in [2.45, 2.75) is 38.3 Å². The Morgan fingerprint density at radius 2 is 2.40 bits per heavy atom. The summed E-state index contributed by atoms with van der Waals surface area (Å²) in [7, 11) is 0. The molecule has 0 radical (unpaired) electrons. The molecule has 2 aromatic rings. The molecule has 0 bridgehead atoms. The second-order valence-corrected chi connectivity index (χ2v) is 5.67. The molecule has 0 amide bonds. The van der Waals surface area contributed by atoms with Crippen LogP contribution in [0.2, 0.25) is 0 Å². The number of hydrogen-bond acceptors (Lipinski definition) is 3. The van der Waals surface area contributed by atoms with Gasteiger partial charge in [-0.1, -0.05) is 0 Å². The first kappa shape index (κ1) is 13.1. The van der Waals surface area contributed by atoms with Crippen molar-refractivity contribution in [3.05, 3.63) is 30.1 Å². The van der Waals surface area contributed by atoms with Crippen LogP contribution in [0.15, 0.2) is 24.5 Å². The second-order valence-electron chi connectivity index (χ2n) is 5.67. The first-order chi connectivity index (χ1) is 9.61. The minimum atomic E-state index is -0.760. The Bertz CT molecular complexity index is 637. The van der Waals surface area contributed by atoms with Crippen LogP contribution >= 0.6 is 0 Å². The molecule has 0 spiro atoms. The lowest BCUT2D eigenvalue weighted by Gasteiger charge is -2.41. The van der Waals surface area contributed by atoms with Crippen LogP contribution in [0.1, 0.15) is 31.7 Å². The van der Waals surface area contributed by atoms with Crippen LogP contribution in [0.3, 0.4) is 0 Å². The van der Waals surface area contributed by atoms with Gasteiger partial charge >= 0.3 is 5.97 Å². The van der Waals surface area contributed by atoms with Crippen molar-refractivity contribution >= 4 is 17.0 Å².